The molecule has 0 unspecified atom stereocenters. The standard InChI is InChI=1S/C8H8S.Pt/c1-2-4-6-8-9-7-5-3-1;/h1-8H;. The molecule has 0 aliphatic rings. The largest absolute Gasteiger partial charge is 0.152 e. The average molecular weight is 331 g/mol. The van der Waals surface area contributed by atoms with E-state index in [0.29, 0.717) is 0 Å². The Bertz CT molecular complexity index is 131. The molecule has 0 amide bonds. The molecule has 1 heterocycles. The van der Waals surface area contributed by atoms with Gasteiger partial charge in [0.25, 0.3) is 0 Å². The van der Waals surface area contributed by atoms with Gasteiger partial charge in [0.15, 0.2) is 0 Å². The Labute approximate surface area is 79.5 Å². The second-order valence-corrected chi connectivity index (χ2v) is 2.38. The molecule has 0 fully saturated rings. The molecule has 0 aliphatic heterocycles. The molecule has 1 aromatic heterocycles. The molecule has 0 saturated heterocycles. The average Bonchev–Trinajstić information content (AvgIpc) is 2.00. The molecular formula is C8H8PtS. The Hall–Kier alpha value is -0.132. The van der Waals surface area contributed by atoms with E-state index in [0.717, 1.165) is 0 Å². The maximum atomic E-state index is 2.04. The molecular weight excluding hydrogens is 323 g/mol. The molecule has 0 N–H and O–H groups in total. The summed E-state index contributed by atoms with van der Waals surface area (Å²) in [5.41, 5.74) is 0. The molecule has 0 atom stereocenters. The smallest absolute Gasteiger partial charge is 0 e. The Morgan fingerprint density at radius 2 is 1.00 bits per heavy atom. The van der Waals surface area contributed by atoms with Crippen LogP contribution in [0.2, 0.25) is 0 Å². The van der Waals surface area contributed by atoms with Crippen LogP contribution in [0.5, 0.6) is 0 Å². The fraction of sp³-hybridized carbons (Fsp3) is 0. The third kappa shape index (κ3) is 4.72. The Morgan fingerprint density at radius 1 is 0.600 bits per heavy atom. The van der Waals surface area contributed by atoms with Crippen LogP contribution in [0.4, 0.5) is 0 Å². The summed E-state index contributed by atoms with van der Waals surface area (Å²) < 4.78 is 0. The molecule has 0 nitrogen and oxygen atoms in total. The van der Waals surface area contributed by atoms with Crippen molar-refractivity contribution >= 4 is 11.3 Å². The van der Waals surface area contributed by atoms with Crippen molar-refractivity contribution in [1.29, 1.82) is 0 Å². The SMILES string of the molecule is [Pt].c1ccccsccc1. The van der Waals surface area contributed by atoms with Gasteiger partial charge in [-0.25, -0.2) is 0 Å². The van der Waals surface area contributed by atoms with Crippen molar-refractivity contribution in [3.63, 3.8) is 0 Å². The van der Waals surface area contributed by atoms with E-state index in [-0.39, 0.29) is 21.1 Å². The molecule has 0 aliphatic carbocycles. The van der Waals surface area contributed by atoms with Crippen molar-refractivity contribution in [1.82, 2.24) is 0 Å². The van der Waals surface area contributed by atoms with Crippen LogP contribution in [0.1, 0.15) is 0 Å². The van der Waals surface area contributed by atoms with Gasteiger partial charge in [0, 0.05) is 21.1 Å². The predicted octanol–water partition coefficient (Wildman–Crippen LogP) is 2.87. The van der Waals surface area contributed by atoms with E-state index >= 15 is 0 Å². The minimum absolute atomic E-state index is 0. The first-order valence-corrected chi connectivity index (χ1v) is 3.75. The van der Waals surface area contributed by atoms with E-state index < -0.39 is 0 Å². The van der Waals surface area contributed by atoms with Gasteiger partial charge in [0.05, 0.1) is 0 Å². The van der Waals surface area contributed by atoms with Gasteiger partial charge in [-0.15, -0.1) is 0 Å². The van der Waals surface area contributed by atoms with Gasteiger partial charge >= 0.3 is 0 Å². The van der Waals surface area contributed by atoms with E-state index in [1.54, 1.807) is 11.3 Å². The zero-order valence-electron chi connectivity index (χ0n) is 5.34. The molecule has 1 rings (SSSR count). The maximum Gasteiger partial charge on any atom is 0 e. The first-order valence-electron chi connectivity index (χ1n) is 2.80. The molecule has 0 spiro atoms. The number of hydrogen-bond donors (Lipinski definition) is 0. The quantitative estimate of drug-likeness (QED) is 0.686. The zero-order valence-corrected chi connectivity index (χ0v) is 8.43. The second-order valence-electron chi connectivity index (χ2n) is 1.56. The Balaban J connectivity index is 0.000000810. The third-order valence-electron chi connectivity index (χ3n) is 0.870. The van der Waals surface area contributed by atoms with Crippen LogP contribution in [0.3, 0.4) is 0 Å². The van der Waals surface area contributed by atoms with Gasteiger partial charge in [-0.3, -0.25) is 0 Å². The summed E-state index contributed by atoms with van der Waals surface area (Å²) in [6.45, 7) is 0. The van der Waals surface area contributed by atoms with Gasteiger partial charge in [0.1, 0.15) is 0 Å². The Kier molecular flexibility index (Phi) is 6.89. The summed E-state index contributed by atoms with van der Waals surface area (Å²) in [4.78, 5) is 0. The summed E-state index contributed by atoms with van der Waals surface area (Å²) >= 11 is 1.68. The van der Waals surface area contributed by atoms with Gasteiger partial charge in [0.2, 0.25) is 0 Å². The minimum atomic E-state index is 0. The zero-order chi connectivity index (χ0) is 6.36. The van der Waals surface area contributed by atoms with Crippen molar-refractivity contribution in [3.8, 4) is 0 Å². The molecule has 56 valence electrons. The van der Waals surface area contributed by atoms with Crippen LogP contribution in [-0.2, 0) is 21.1 Å². The van der Waals surface area contributed by atoms with E-state index in [4.69, 9.17) is 0 Å². The van der Waals surface area contributed by atoms with Crippen LogP contribution >= 0.6 is 11.3 Å². The van der Waals surface area contributed by atoms with Crippen molar-refractivity contribution in [2.45, 2.75) is 0 Å². The van der Waals surface area contributed by atoms with Crippen molar-refractivity contribution < 1.29 is 21.1 Å². The summed E-state index contributed by atoms with van der Waals surface area (Å²) in [5, 5.41) is 4.08. The monoisotopic (exact) mass is 331 g/mol. The van der Waals surface area contributed by atoms with E-state index in [1.165, 1.54) is 0 Å². The summed E-state index contributed by atoms with van der Waals surface area (Å²) in [6, 6.07) is 12.1. The van der Waals surface area contributed by atoms with Gasteiger partial charge in [-0.2, -0.15) is 11.3 Å². The van der Waals surface area contributed by atoms with Gasteiger partial charge < -0.3 is 0 Å². The number of rotatable bonds is 0. The van der Waals surface area contributed by atoms with Gasteiger partial charge in [-0.1, -0.05) is 36.4 Å². The van der Waals surface area contributed by atoms with Crippen LogP contribution in [-0.4, -0.2) is 0 Å². The predicted molar refractivity (Wildman–Crippen MR) is 41.9 cm³/mol. The fourth-order valence-corrected chi connectivity index (χ4v) is 0.937. The second kappa shape index (κ2) is 6.98. The fourth-order valence-electron chi connectivity index (χ4n) is 0.483. The van der Waals surface area contributed by atoms with Crippen molar-refractivity contribution in [2.75, 3.05) is 0 Å². The van der Waals surface area contributed by atoms with E-state index in [2.05, 4.69) is 0 Å². The van der Waals surface area contributed by atoms with Crippen LogP contribution < -0.4 is 0 Å². The molecule has 0 bridgehead atoms. The van der Waals surface area contributed by atoms with Crippen molar-refractivity contribution in [3.05, 3.63) is 47.2 Å². The molecule has 1 aromatic rings. The molecule has 0 aromatic carbocycles. The van der Waals surface area contributed by atoms with Crippen molar-refractivity contribution in [2.24, 2.45) is 0 Å². The van der Waals surface area contributed by atoms with Crippen LogP contribution in [0, 0.1) is 0 Å². The summed E-state index contributed by atoms with van der Waals surface area (Å²) in [6.07, 6.45) is 0. The number of hydrogen-bond acceptors (Lipinski definition) is 1. The summed E-state index contributed by atoms with van der Waals surface area (Å²) in [5.74, 6) is 0. The maximum absolute atomic E-state index is 2.04. The van der Waals surface area contributed by atoms with Crippen LogP contribution in [0.15, 0.2) is 47.2 Å². The molecule has 0 radical (unpaired) electrons. The molecule has 0 saturated carbocycles. The van der Waals surface area contributed by atoms with Gasteiger partial charge in [-0.05, 0) is 10.8 Å². The first kappa shape index (κ1) is 9.87. The first-order chi connectivity index (χ1) is 4.50. The summed E-state index contributed by atoms with van der Waals surface area (Å²) in [7, 11) is 0. The molecule has 10 heavy (non-hydrogen) atoms. The molecule has 2 heteroatoms. The normalized spacial score (nSPS) is 7.20. The Morgan fingerprint density at radius 3 is 1.50 bits per heavy atom. The third-order valence-corrected chi connectivity index (χ3v) is 1.50. The van der Waals surface area contributed by atoms with E-state index in [9.17, 15) is 0 Å². The topological polar surface area (TPSA) is 0 Å². The van der Waals surface area contributed by atoms with Crippen LogP contribution in [0.25, 0.3) is 0 Å². The van der Waals surface area contributed by atoms with E-state index in [1.807, 2.05) is 47.2 Å². The minimum Gasteiger partial charge on any atom is -0.152 e.